The SMILES string of the molecule is CCCOc1ccc(NC(=O)CN2CCC(O)C2)cc1-c1nc2c(oc3ccccc32)c(=O)[nH]1. The quantitative estimate of drug-likeness (QED) is 0.386. The Kier molecular flexibility index (Phi) is 6.04. The van der Waals surface area contributed by atoms with Gasteiger partial charge in [0.05, 0.1) is 24.8 Å². The third kappa shape index (κ3) is 4.40. The molecule has 3 heterocycles. The highest BCUT2D eigenvalue weighted by atomic mass is 16.5. The fraction of sp³-hybridized carbons (Fsp3) is 0.320. The zero-order valence-corrected chi connectivity index (χ0v) is 18.8. The minimum Gasteiger partial charge on any atom is -0.493 e. The maximum Gasteiger partial charge on any atom is 0.294 e. The van der Waals surface area contributed by atoms with E-state index in [9.17, 15) is 14.7 Å². The highest BCUT2D eigenvalue weighted by molar-refractivity contribution is 6.02. The first-order valence-electron chi connectivity index (χ1n) is 11.4. The van der Waals surface area contributed by atoms with Crippen molar-refractivity contribution >= 4 is 33.7 Å². The second kappa shape index (κ2) is 9.28. The number of anilines is 1. The molecule has 2 aromatic heterocycles. The molecule has 4 aromatic rings. The number of carbonyl (C=O) groups is 1. The molecule has 0 aliphatic carbocycles. The number of nitrogens with zero attached hydrogens (tertiary/aromatic N) is 2. The number of likely N-dealkylation sites (tertiary alicyclic amines) is 1. The number of aliphatic hydroxyl groups is 1. The van der Waals surface area contributed by atoms with Gasteiger partial charge >= 0.3 is 0 Å². The third-order valence-corrected chi connectivity index (χ3v) is 5.83. The van der Waals surface area contributed by atoms with E-state index in [1.54, 1.807) is 24.3 Å². The molecule has 176 valence electrons. The molecule has 3 N–H and O–H groups in total. The second-order valence-electron chi connectivity index (χ2n) is 8.48. The summed E-state index contributed by atoms with van der Waals surface area (Å²) in [6.45, 7) is 3.88. The molecule has 0 bridgehead atoms. The largest absolute Gasteiger partial charge is 0.493 e. The van der Waals surface area contributed by atoms with Crippen molar-refractivity contribution < 1.29 is 19.1 Å². The predicted molar refractivity (Wildman–Crippen MR) is 129 cm³/mol. The first-order chi connectivity index (χ1) is 16.5. The van der Waals surface area contributed by atoms with Crippen LogP contribution in [0, 0.1) is 0 Å². The molecule has 1 unspecified atom stereocenters. The second-order valence-corrected chi connectivity index (χ2v) is 8.48. The number of hydrogen-bond donors (Lipinski definition) is 3. The lowest BCUT2D eigenvalue weighted by molar-refractivity contribution is -0.117. The Balaban J connectivity index is 1.51. The summed E-state index contributed by atoms with van der Waals surface area (Å²) in [6, 6.07) is 12.6. The minimum absolute atomic E-state index is 0.165. The lowest BCUT2D eigenvalue weighted by Crippen LogP contribution is -2.32. The van der Waals surface area contributed by atoms with E-state index in [-0.39, 0.29) is 29.7 Å². The molecule has 2 aromatic carbocycles. The molecule has 1 fully saturated rings. The fourth-order valence-corrected chi connectivity index (χ4v) is 4.22. The molecule has 1 aliphatic rings. The predicted octanol–water partition coefficient (Wildman–Crippen LogP) is 3.13. The molecule has 1 saturated heterocycles. The number of amides is 1. The fourth-order valence-electron chi connectivity index (χ4n) is 4.22. The van der Waals surface area contributed by atoms with Crippen molar-refractivity contribution in [3.8, 4) is 17.1 Å². The lowest BCUT2D eigenvalue weighted by Gasteiger charge is -2.16. The van der Waals surface area contributed by atoms with Crippen LogP contribution in [0.2, 0.25) is 0 Å². The summed E-state index contributed by atoms with van der Waals surface area (Å²) < 4.78 is 11.6. The van der Waals surface area contributed by atoms with Crippen molar-refractivity contribution in [2.75, 3.05) is 31.6 Å². The van der Waals surface area contributed by atoms with Crippen LogP contribution in [0.4, 0.5) is 5.69 Å². The van der Waals surface area contributed by atoms with Gasteiger partial charge in [-0.05, 0) is 43.2 Å². The van der Waals surface area contributed by atoms with E-state index in [1.165, 1.54) is 0 Å². The third-order valence-electron chi connectivity index (χ3n) is 5.83. The van der Waals surface area contributed by atoms with Crippen molar-refractivity contribution in [1.29, 1.82) is 0 Å². The number of ether oxygens (including phenoxy) is 1. The van der Waals surface area contributed by atoms with Crippen LogP contribution in [0.5, 0.6) is 5.75 Å². The Hall–Kier alpha value is -3.69. The van der Waals surface area contributed by atoms with Gasteiger partial charge in [-0.1, -0.05) is 19.1 Å². The number of benzene rings is 2. The molecular formula is C25H26N4O5. The average molecular weight is 463 g/mol. The van der Waals surface area contributed by atoms with Crippen molar-refractivity contribution in [3.05, 3.63) is 52.8 Å². The molecule has 1 aliphatic heterocycles. The number of hydrogen-bond acceptors (Lipinski definition) is 7. The summed E-state index contributed by atoms with van der Waals surface area (Å²) in [6.07, 6.45) is 1.10. The van der Waals surface area contributed by atoms with Crippen LogP contribution in [0.3, 0.4) is 0 Å². The molecule has 9 heteroatoms. The van der Waals surface area contributed by atoms with Crippen LogP contribution in [0.25, 0.3) is 33.5 Å². The van der Waals surface area contributed by atoms with Crippen molar-refractivity contribution in [2.24, 2.45) is 0 Å². The van der Waals surface area contributed by atoms with Crippen LogP contribution in [-0.2, 0) is 4.79 Å². The number of β-amino-alcohol motifs (C(OH)–C–C–N with tert-alkyl or cyclic N) is 1. The number of carbonyl (C=O) groups excluding carboxylic acids is 1. The molecule has 9 nitrogen and oxygen atoms in total. The topological polar surface area (TPSA) is 121 Å². The van der Waals surface area contributed by atoms with E-state index in [0.717, 1.165) is 11.8 Å². The lowest BCUT2D eigenvalue weighted by atomic mass is 10.1. The number of rotatable bonds is 7. The zero-order chi connectivity index (χ0) is 23.7. The molecule has 0 saturated carbocycles. The number of para-hydroxylation sites is 1. The van der Waals surface area contributed by atoms with Gasteiger partial charge < -0.3 is 24.6 Å². The summed E-state index contributed by atoms with van der Waals surface area (Å²) in [5, 5.41) is 13.3. The van der Waals surface area contributed by atoms with Gasteiger partial charge in [-0.25, -0.2) is 4.98 Å². The molecule has 1 atom stereocenters. The summed E-state index contributed by atoms with van der Waals surface area (Å²) >= 11 is 0. The number of nitrogens with one attached hydrogen (secondary N) is 2. The zero-order valence-electron chi connectivity index (χ0n) is 18.8. The average Bonchev–Trinajstić information content (AvgIpc) is 3.41. The van der Waals surface area contributed by atoms with Gasteiger partial charge in [0, 0.05) is 24.2 Å². The molecule has 1 amide bonds. The van der Waals surface area contributed by atoms with Crippen LogP contribution >= 0.6 is 0 Å². The van der Waals surface area contributed by atoms with E-state index in [0.29, 0.717) is 60.0 Å². The van der Waals surface area contributed by atoms with Crippen molar-refractivity contribution in [2.45, 2.75) is 25.9 Å². The molecule has 34 heavy (non-hydrogen) atoms. The number of furan rings is 1. The molecule has 0 radical (unpaired) electrons. The van der Waals surface area contributed by atoms with Gasteiger partial charge in [-0.2, -0.15) is 0 Å². The van der Waals surface area contributed by atoms with Crippen LogP contribution in [0.15, 0.2) is 51.7 Å². The maximum atomic E-state index is 12.8. The smallest absolute Gasteiger partial charge is 0.294 e. The van der Waals surface area contributed by atoms with Crippen molar-refractivity contribution in [3.63, 3.8) is 0 Å². The minimum atomic E-state index is -0.389. The number of aromatic nitrogens is 2. The number of aromatic amines is 1. The Morgan fingerprint density at radius 3 is 2.97 bits per heavy atom. The number of fused-ring (bicyclic) bond motifs is 3. The van der Waals surface area contributed by atoms with E-state index < -0.39 is 0 Å². The first kappa shape index (κ1) is 22.1. The van der Waals surface area contributed by atoms with E-state index in [1.807, 2.05) is 30.0 Å². The Labute approximate surface area is 195 Å². The summed E-state index contributed by atoms with van der Waals surface area (Å²) in [7, 11) is 0. The van der Waals surface area contributed by atoms with Gasteiger partial charge in [0.15, 0.2) is 0 Å². The number of H-pyrrole nitrogens is 1. The molecule has 0 spiro atoms. The molecule has 5 rings (SSSR count). The Bertz CT molecular complexity index is 1410. The standard InChI is InChI=1S/C25H26N4O5/c1-2-11-33-19-8-7-15(26-21(31)14-29-10-9-16(30)13-29)12-18(19)24-27-22-17-5-3-4-6-20(17)34-23(22)25(32)28-24/h3-8,12,16,30H,2,9-11,13-14H2,1H3,(H,26,31)(H,27,28,32). The van der Waals surface area contributed by atoms with Crippen molar-refractivity contribution in [1.82, 2.24) is 14.9 Å². The Morgan fingerprint density at radius 1 is 1.32 bits per heavy atom. The maximum absolute atomic E-state index is 12.8. The molecular weight excluding hydrogens is 436 g/mol. The Morgan fingerprint density at radius 2 is 2.18 bits per heavy atom. The van der Waals surface area contributed by atoms with Crippen LogP contribution < -0.4 is 15.6 Å². The summed E-state index contributed by atoms with van der Waals surface area (Å²) in [5.41, 5.74) is 1.95. The summed E-state index contributed by atoms with van der Waals surface area (Å²) in [5.74, 6) is 0.701. The van der Waals surface area contributed by atoms with Crippen LogP contribution in [-0.4, -0.2) is 58.2 Å². The van der Waals surface area contributed by atoms with Gasteiger partial charge in [-0.3, -0.25) is 14.5 Å². The number of aliphatic hydroxyl groups excluding tert-OH is 1. The van der Waals surface area contributed by atoms with Gasteiger partial charge in [0.1, 0.15) is 22.7 Å². The van der Waals surface area contributed by atoms with E-state index in [4.69, 9.17) is 14.1 Å². The van der Waals surface area contributed by atoms with Crippen LogP contribution in [0.1, 0.15) is 19.8 Å². The highest BCUT2D eigenvalue weighted by Gasteiger charge is 2.22. The normalized spacial score (nSPS) is 16.4. The van der Waals surface area contributed by atoms with Gasteiger partial charge in [0.25, 0.3) is 5.56 Å². The monoisotopic (exact) mass is 462 g/mol. The summed E-state index contributed by atoms with van der Waals surface area (Å²) in [4.78, 5) is 34.8. The first-order valence-corrected chi connectivity index (χ1v) is 11.4. The highest BCUT2D eigenvalue weighted by Crippen LogP contribution is 2.33. The van der Waals surface area contributed by atoms with Gasteiger partial charge in [0.2, 0.25) is 11.5 Å². The van der Waals surface area contributed by atoms with E-state index >= 15 is 0 Å². The van der Waals surface area contributed by atoms with Gasteiger partial charge in [-0.15, -0.1) is 0 Å². The van der Waals surface area contributed by atoms with E-state index in [2.05, 4.69) is 10.3 Å².